The van der Waals surface area contributed by atoms with Gasteiger partial charge in [0.25, 0.3) is 0 Å². The van der Waals surface area contributed by atoms with Gasteiger partial charge in [0.2, 0.25) is 5.91 Å². The Kier molecular flexibility index (Phi) is 7.76. The number of anilines is 1. The molecular formula is C19H23ClN4O2. The van der Waals surface area contributed by atoms with E-state index in [0.29, 0.717) is 37.1 Å². The summed E-state index contributed by atoms with van der Waals surface area (Å²) in [5.41, 5.74) is 1.83. The summed E-state index contributed by atoms with van der Waals surface area (Å²) in [5, 5.41) is 9.86. The molecule has 3 N–H and O–H groups in total. The Balaban J connectivity index is 1.72. The van der Waals surface area contributed by atoms with Gasteiger partial charge in [-0.05, 0) is 29.8 Å². The Hall–Kier alpha value is -2.73. The lowest BCUT2D eigenvalue weighted by Gasteiger charge is -2.13. The number of carbonyl (C=O) groups is 1. The van der Waals surface area contributed by atoms with Gasteiger partial charge in [0.15, 0.2) is 5.96 Å². The normalized spacial score (nSPS) is 11.0. The van der Waals surface area contributed by atoms with E-state index >= 15 is 0 Å². The molecule has 7 heteroatoms. The number of amides is 1. The van der Waals surface area contributed by atoms with Crippen LogP contribution < -0.4 is 20.7 Å². The van der Waals surface area contributed by atoms with Crippen molar-refractivity contribution in [2.45, 2.75) is 13.5 Å². The second-order valence-electron chi connectivity index (χ2n) is 5.54. The zero-order valence-electron chi connectivity index (χ0n) is 14.9. The van der Waals surface area contributed by atoms with Gasteiger partial charge in [0.1, 0.15) is 12.4 Å². The number of ether oxygens (including phenoxy) is 1. The lowest BCUT2D eigenvalue weighted by molar-refractivity contribution is -0.114. The van der Waals surface area contributed by atoms with E-state index in [-0.39, 0.29) is 5.91 Å². The van der Waals surface area contributed by atoms with Gasteiger partial charge in [0, 0.05) is 37.3 Å². The molecule has 0 atom stereocenters. The summed E-state index contributed by atoms with van der Waals surface area (Å²) in [6.45, 7) is 3.17. The summed E-state index contributed by atoms with van der Waals surface area (Å²) >= 11 is 5.88. The van der Waals surface area contributed by atoms with Gasteiger partial charge in [-0.25, -0.2) is 0 Å². The van der Waals surface area contributed by atoms with Crippen molar-refractivity contribution in [1.29, 1.82) is 0 Å². The highest BCUT2D eigenvalue weighted by atomic mass is 35.5. The molecule has 0 aliphatic carbocycles. The molecule has 2 aromatic carbocycles. The zero-order valence-corrected chi connectivity index (χ0v) is 15.6. The molecule has 0 saturated heterocycles. The molecule has 0 aliphatic heterocycles. The second-order valence-corrected chi connectivity index (χ2v) is 5.97. The number of rotatable bonds is 7. The van der Waals surface area contributed by atoms with Crippen LogP contribution in [0.5, 0.6) is 5.75 Å². The molecule has 26 heavy (non-hydrogen) atoms. The second kappa shape index (κ2) is 10.3. The molecule has 0 spiro atoms. The van der Waals surface area contributed by atoms with E-state index in [2.05, 4.69) is 20.9 Å². The minimum Gasteiger partial charge on any atom is -0.492 e. The van der Waals surface area contributed by atoms with E-state index in [1.54, 1.807) is 13.1 Å². The van der Waals surface area contributed by atoms with Gasteiger partial charge >= 0.3 is 0 Å². The standard InChI is InChI=1S/C19H23ClN4O2/c1-14(25)24-17-4-3-5-18(12-17)26-11-10-22-19(21-2)23-13-15-6-8-16(20)9-7-15/h3-9,12H,10-11,13H2,1-2H3,(H,24,25)(H2,21,22,23). The number of carbonyl (C=O) groups excluding carboxylic acids is 1. The molecule has 138 valence electrons. The van der Waals surface area contributed by atoms with Crippen molar-refractivity contribution in [2.75, 3.05) is 25.5 Å². The first-order valence-electron chi connectivity index (χ1n) is 8.26. The Morgan fingerprint density at radius 3 is 2.62 bits per heavy atom. The van der Waals surface area contributed by atoms with E-state index in [4.69, 9.17) is 16.3 Å². The third-order valence-corrected chi connectivity index (χ3v) is 3.67. The lowest BCUT2D eigenvalue weighted by atomic mass is 10.2. The summed E-state index contributed by atoms with van der Waals surface area (Å²) < 4.78 is 5.69. The minimum absolute atomic E-state index is 0.112. The Morgan fingerprint density at radius 1 is 1.15 bits per heavy atom. The van der Waals surface area contributed by atoms with Crippen molar-refractivity contribution in [3.63, 3.8) is 0 Å². The van der Waals surface area contributed by atoms with Gasteiger partial charge in [0.05, 0.1) is 6.54 Å². The number of benzene rings is 2. The third kappa shape index (κ3) is 7.03. The molecule has 0 aliphatic rings. The number of nitrogens with one attached hydrogen (secondary N) is 3. The highest BCUT2D eigenvalue weighted by Gasteiger charge is 2.01. The molecule has 0 bridgehead atoms. The van der Waals surface area contributed by atoms with E-state index in [9.17, 15) is 4.79 Å². The van der Waals surface area contributed by atoms with Crippen LogP contribution in [-0.2, 0) is 11.3 Å². The van der Waals surface area contributed by atoms with Crippen molar-refractivity contribution < 1.29 is 9.53 Å². The van der Waals surface area contributed by atoms with Gasteiger partial charge in [-0.1, -0.05) is 29.8 Å². The summed E-state index contributed by atoms with van der Waals surface area (Å²) in [7, 11) is 1.72. The van der Waals surface area contributed by atoms with Crippen molar-refractivity contribution >= 4 is 29.2 Å². The molecule has 0 radical (unpaired) electrons. The summed E-state index contributed by atoms with van der Waals surface area (Å²) in [6.07, 6.45) is 0. The number of hydrogen-bond donors (Lipinski definition) is 3. The van der Waals surface area contributed by atoms with Gasteiger partial charge in [-0.3, -0.25) is 9.79 Å². The molecule has 0 unspecified atom stereocenters. The largest absolute Gasteiger partial charge is 0.492 e. The van der Waals surface area contributed by atoms with Gasteiger partial charge in [-0.15, -0.1) is 0 Å². The quantitative estimate of drug-likeness (QED) is 0.395. The van der Waals surface area contributed by atoms with E-state index in [0.717, 1.165) is 10.6 Å². The number of hydrogen-bond acceptors (Lipinski definition) is 3. The van der Waals surface area contributed by atoms with Crippen LogP contribution in [0, 0.1) is 0 Å². The number of guanidine groups is 1. The average Bonchev–Trinajstić information content (AvgIpc) is 2.62. The Morgan fingerprint density at radius 2 is 1.92 bits per heavy atom. The van der Waals surface area contributed by atoms with Crippen molar-refractivity contribution in [3.8, 4) is 5.75 Å². The molecular weight excluding hydrogens is 352 g/mol. The minimum atomic E-state index is -0.112. The van der Waals surface area contributed by atoms with Crippen LogP contribution >= 0.6 is 11.6 Å². The SMILES string of the molecule is CN=C(NCCOc1cccc(NC(C)=O)c1)NCc1ccc(Cl)cc1. The number of nitrogens with zero attached hydrogens (tertiary/aromatic N) is 1. The van der Waals surface area contributed by atoms with Crippen LogP contribution in [0.25, 0.3) is 0 Å². The van der Waals surface area contributed by atoms with Crippen LogP contribution in [0.1, 0.15) is 12.5 Å². The van der Waals surface area contributed by atoms with Crippen LogP contribution in [0.2, 0.25) is 5.02 Å². The van der Waals surface area contributed by atoms with Crippen LogP contribution in [0.15, 0.2) is 53.5 Å². The first kappa shape index (κ1) is 19.6. The molecule has 0 saturated carbocycles. The predicted octanol–water partition coefficient (Wildman–Crippen LogP) is 3.04. The highest BCUT2D eigenvalue weighted by Crippen LogP contribution is 2.17. The monoisotopic (exact) mass is 374 g/mol. The third-order valence-electron chi connectivity index (χ3n) is 3.41. The molecule has 0 heterocycles. The fraction of sp³-hybridized carbons (Fsp3) is 0.263. The van der Waals surface area contributed by atoms with Crippen LogP contribution in [-0.4, -0.2) is 32.1 Å². The first-order valence-corrected chi connectivity index (χ1v) is 8.64. The molecule has 0 fully saturated rings. The number of halogens is 1. The van der Waals surface area contributed by atoms with Crippen molar-refractivity contribution in [2.24, 2.45) is 4.99 Å². The molecule has 6 nitrogen and oxygen atoms in total. The smallest absolute Gasteiger partial charge is 0.221 e. The molecule has 0 aromatic heterocycles. The molecule has 2 aromatic rings. The fourth-order valence-electron chi connectivity index (χ4n) is 2.21. The number of aliphatic imine (C=N–C) groups is 1. The fourth-order valence-corrected chi connectivity index (χ4v) is 2.34. The van der Waals surface area contributed by atoms with E-state index in [1.807, 2.05) is 42.5 Å². The summed E-state index contributed by atoms with van der Waals surface area (Å²) in [4.78, 5) is 15.3. The van der Waals surface area contributed by atoms with Crippen molar-refractivity contribution in [1.82, 2.24) is 10.6 Å². The highest BCUT2D eigenvalue weighted by molar-refractivity contribution is 6.30. The van der Waals surface area contributed by atoms with Crippen molar-refractivity contribution in [3.05, 3.63) is 59.1 Å². The Labute approximate surface area is 158 Å². The van der Waals surface area contributed by atoms with Crippen LogP contribution in [0.3, 0.4) is 0 Å². The van der Waals surface area contributed by atoms with Gasteiger partial charge < -0.3 is 20.7 Å². The molecule has 1 amide bonds. The zero-order chi connectivity index (χ0) is 18.8. The first-order chi connectivity index (χ1) is 12.6. The topological polar surface area (TPSA) is 74.8 Å². The predicted molar refractivity (Wildman–Crippen MR) is 106 cm³/mol. The van der Waals surface area contributed by atoms with E-state index in [1.165, 1.54) is 6.92 Å². The lowest BCUT2D eigenvalue weighted by Crippen LogP contribution is -2.38. The molecule has 2 rings (SSSR count). The maximum atomic E-state index is 11.1. The maximum absolute atomic E-state index is 11.1. The van der Waals surface area contributed by atoms with E-state index < -0.39 is 0 Å². The Bertz CT molecular complexity index is 747. The van der Waals surface area contributed by atoms with Crippen LogP contribution in [0.4, 0.5) is 5.69 Å². The summed E-state index contributed by atoms with van der Waals surface area (Å²) in [5.74, 6) is 1.28. The average molecular weight is 375 g/mol. The maximum Gasteiger partial charge on any atom is 0.221 e. The van der Waals surface area contributed by atoms with Gasteiger partial charge in [-0.2, -0.15) is 0 Å². The summed E-state index contributed by atoms with van der Waals surface area (Å²) in [6, 6.07) is 14.9.